The number of hydrogen-bond donors (Lipinski definition) is 2. The van der Waals surface area contributed by atoms with Crippen LogP contribution in [0.2, 0.25) is 0 Å². The highest BCUT2D eigenvalue weighted by molar-refractivity contribution is 5.91. The molecule has 0 aliphatic rings. The van der Waals surface area contributed by atoms with Gasteiger partial charge in [-0.15, -0.1) is 0 Å². The van der Waals surface area contributed by atoms with Crippen molar-refractivity contribution in [2.75, 3.05) is 14.1 Å². The first-order valence-corrected chi connectivity index (χ1v) is 6.18. The summed E-state index contributed by atoms with van der Waals surface area (Å²) in [6.07, 6.45) is 1.80. The summed E-state index contributed by atoms with van der Waals surface area (Å²) in [5.41, 5.74) is 3.75. The number of benzene rings is 1. The van der Waals surface area contributed by atoms with Crippen LogP contribution in [0.1, 0.15) is 21.6 Å². The topological polar surface area (TPSA) is 59.0 Å². The summed E-state index contributed by atoms with van der Waals surface area (Å²) in [6, 6.07) is 7.90. The van der Waals surface area contributed by atoms with Crippen molar-refractivity contribution >= 4 is 5.91 Å². The van der Waals surface area contributed by atoms with Gasteiger partial charge in [-0.1, -0.05) is 12.1 Å². The molecule has 0 aliphatic heterocycles. The minimum Gasteiger partial charge on any atom is -0.354 e. The molecule has 1 aromatic carbocycles. The molecule has 1 aromatic heterocycles. The molecule has 0 atom stereocenters. The molecule has 0 saturated heterocycles. The van der Waals surface area contributed by atoms with Gasteiger partial charge in [0.1, 0.15) is 0 Å². The average molecular weight is 258 g/mol. The highest BCUT2D eigenvalue weighted by Crippen LogP contribution is 2.15. The van der Waals surface area contributed by atoms with E-state index in [4.69, 9.17) is 0 Å². The van der Waals surface area contributed by atoms with Gasteiger partial charge in [0.15, 0.2) is 5.69 Å². The van der Waals surface area contributed by atoms with E-state index < -0.39 is 0 Å². The molecular formula is C14H18N4O. The van der Waals surface area contributed by atoms with Crippen molar-refractivity contribution < 1.29 is 4.79 Å². The fraction of sp³-hybridized carbons (Fsp3) is 0.286. The highest BCUT2D eigenvalue weighted by atomic mass is 16.1. The van der Waals surface area contributed by atoms with Gasteiger partial charge >= 0.3 is 0 Å². The van der Waals surface area contributed by atoms with Crippen LogP contribution in [0, 0.1) is 6.92 Å². The zero-order valence-corrected chi connectivity index (χ0v) is 11.4. The molecule has 100 valence electrons. The van der Waals surface area contributed by atoms with Gasteiger partial charge in [-0.05, 0) is 37.2 Å². The molecule has 2 N–H and O–H groups in total. The van der Waals surface area contributed by atoms with Gasteiger partial charge in [-0.3, -0.25) is 4.79 Å². The summed E-state index contributed by atoms with van der Waals surface area (Å²) in [5.74, 6) is -0.178. The molecule has 0 bridgehead atoms. The Morgan fingerprint density at radius 2 is 2.11 bits per heavy atom. The molecule has 0 radical (unpaired) electrons. The van der Waals surface area contributed by atoms with Gasteiger partial charge in [0.2, 0.25) is 0 Å². The molecule has 0 fully saturated rings. The standard InChI is InChI=1S/C14H18N4O/c1-10-8-11(9-15-2)4-5-13(10)18-7-6-12(17-18)14(19)16-3/h4-8,15H,9H2,1-3H3,(H,16,19). The van der Waals surface area contributed by atoms with Crippen molar-refractivity contribution in [1.29, 1.82) is 0 Å². The van der Waals surface area contributed by atoms with E-state index in [0.717, 1.165) is 17.8 Å². The molecule has 0 spiro atoms. The Morgan fingerprint density at radius 1 is 1.32 bits per heavy atom. The number of rotatable bonds is 4. The number of carbonyl (C=O) groups is 1. The number of aromatic nitrogens is 2. The van der Waals surface area contributed by atoms with E-state index in [1.54, 1.807) is 24.0 Å². The SMILES string of the molecule is CNCc1ccc(-n2ccc(C(=O)NC)n2)c(C)c1. The zero-order valence-electron chi connectivity index (χ0n) is 11.4. The van der Waals surface area contributed by atoms with Gasteiger partial charge in [0.25, 0.3) is 5.91 Å². The fourth-order valence-corrected chi connectivity index (χ4v) is 2.00. The third-order valence-corrected chi connectivity index (χ3v) is 2.94. The molecule has 1 amide bonds. The van der Waals surface area contributed by atoms with Crippen molar-refractivity contribution in [3.8, 4) is 5.69 Å². The Morgan fingerprint density at radius 3 is 2.74 bits per heavy atom. The Bertz CT molecular complexity index is 589. The van der Waals surface area contributed by atoms with E-state index in [-0.39, 0.29) is 5.91 Å². The average Bonchev–Trinajstić information content (AvgIpc) is 2.88. The van der Waals surface area contributed by atoms with Crippen molar-refractivity contribution in [2.45, 2.75) is 13.5 Å². The van der Waals surface area contributed by atoms with Gasteiger partial charge in [-0.2, -0.15) is 5.10 Å². The normalized spacial score (nSPS) is 10.5. The molecule has 0 unspecified atom stereocenters. The minimum absolute atomic E-state index is 0.178. The largest absolute Gasteiger partial charge is 0.354 e. The summed E-state index contributed by atoms with van der Waals surface area (Å²) in [4.78, 5) is 11.5. The van der Waals surface area contributed by atoms with E-state index in [2.05, 4.69) is 27.9 Å². The summed E-state index contributed by atoms with van der Waals surface area (Å²) < 4.78 is 1.73. The van der Waals surface area contributed by atoms with Crippen molar-refractivity contribution in [1.82, 2.24) is 20.4 Å². The maximum Gasteiger partial charge on any atom is 0.271 e. The van der Waals surface area contributed by atoms with Crippen molar-refractivity contribution in [2.24, 2.45) is 0 Å². The first kappa shape index (κ1) is 13.3. The zero-order chi connectivity index (χ0) is 13.8. The van der Waals surface area contributed by atoms with Crippen molar-refractivity contribution in [3.05, 3.63) is 47.3 Å². The molecule has 5 heteroatoms. The molecule has 2 aromatic rings. The Labute approximate surface area is 112 Å². The predicted octanol–water partition coefficient (Wildman–Crippen LogP) is 1.26. The first-order chi connectivity index (χ1) is 9.15. The van der Waals surface area contributed by atoms with E-state index in [1.807, 2.05) is 20.0 Å². The number of nitrogens with zero attached hydrogens (tertiary/aromatic N) is 2. The molecule has 19 heavy (non-hydrogen) atoms. The van der Waals surface area contributed by atoms with E-state index in [0.29, 0.717) is 5.69 Å². The third-order valence-electron chi connectivity index (χ3n) is 2.94. The monoisotopic (exact) mass is 258 g/mol. The van der Waals surface area contributed by atoms with Crippen LogP contribution in [0.5, 0.6) is 0 Å². The Hall–Kier alpha value is -2.14. The molecule has 2 rings (SSSR count). The number of nitrogens with one attached hydrogen (secondary N) is 2. The number of amides is 1. The summed E-state index contributed by atoms with van der Waals surface area (Å²) >= 11 is 0. The fourth-order valence-electron chi connectivity index (χ4n) is 2.00. The molecular weight excluding hydrogens is 240 g/mol. The van der Waals surface area contributed by atoms with Crippen LogP contribution in [-0.4, -0.2) is 29.8 Å². The van der Waals surface area contributed by atoms with E-state index >= 15 is 0 Å². The lowest BCUT2D eigenvalue weighted by molar-refractivity contribution is 0.0957. The van der Waals surface area contributed by atoms with E-state index in [1.165, 1.54) is 5.56 Å². The Balaban J connectivity index is 2.31. The molecule has 0 aliphatic carbocycles. The van der Waals surface area contributed by atoms with Crippen LogP contribution in [0.3, 0.4) is 0 Å². The number of carbonyl (C=O) groups excluding carboxylic acids is 1. The van der Waals surface area contributed by atoms with Crippen molar-refractivity contribution in [3.63, 3.8) is 0 Å². The van der Waals surface area contributed by atoms with Crippen LogP contribution >= 0.6 is 0 Å². The lowest BCUT2D eigenvalue weighted by atomic mass is 10.1. The number of aryl methyl sites for hydroxylation is 1. The maximum absolute atomic E-state index is 11.5. The third kappa shape index (κ3) is 2.82. The van der Waals surface area contributed by atoms with Gasteiger partial charge in [0.05, 0.1) is 5.69 Å². The second-order valence-electron chi connectivity index (χ2n) is 4.38. The van der Waals surface area contributed by atoms with Gasteiger partial charge in [0, 0.05) is 19.8 Å². The minimum atomic E-state index is -0.178. The van der Waals surface area contributed by atoms with Crippen LogP contribution in [0.4, 0.5) is 0 Å². The summed E-state index contributed by atoms with van der Waals surface area (Å²) in [7, 11) is 3.52. The summed E-state index contributed by atoms with van der Waals surface area (Å²) in [6.45, 7) is 2.87. The predicted molar refractivity (Wildman–Crippen MR) is 74.5 cm³/mol. The van der Waals surface area contributed by atoms with Crippen LogP contribution in [0.15, 0.2) is 30.5 Å². The first-order valence-electron chi connectivity index (χ1n) is 6.18. The van der Waals surface area contributed by atoms with Crippen LogP contribution in [0.25, 0.3) is 5.69 Å². The second kappa shape index (κ2) is 5.67. The van der Waals surface area contributed by atoms with E-state index in [9.17, 15) is 4.79 Å². The lowest BCUT2D eigenvalue weighted by Gasteiger charge is -2.08. The number of hydrogen-bond acceptors (Lipinski definition) is 3. The smallest absolute Gasteiger partial charge is 0.271 e. The lowest BCUT2D eigenvalue weighted by Crippen LogP contribution is -2.18. The molecule has 1 heterocycles. The van der Waals surface area contributed by atoms with Gasteiger partial charge in [-0.25, -0.2) is 4.68 Å². The maximum atomic E-state index is 11.5. The van der Waals surface area contributed by atoms with Crippen LogP contribution in [-0.2, 0) is 6.54 Å². The Kier molecular flexibility index (Phi) is 3.97. The molecule has 0 saturated carbocycles. The highest BCUT2D eigenvalue weighted by Gasteiger charge is 2.09. The molecule has 5 nitrogen and oxygen atoms in total. The second-order valence-corrected chi connectivity index (χ2v) is 4.38. The van der Waals surface area contributed by atoms with Gasteiger partial charge < -0.3 is 10.6 Å². The quantitative estimate of drug-likeness (QED) is 0.868. The van der Waals surface area contributed by atoms with Crippen LogP contribution < -0.4 is 10.6 Å². The summed E-state index contributed by atoms with van der Waals surface area (Å²) in [5, 5.41) is 9.96.